The molecule has 1 aromatic rings. The van der Waals surface area contributed by atoms with Crippen molar-refractivity contribution in [2.75, 3.05) is 6.61 Å². The third-order valence-electron chi connectivity index (χ3n) is 3.90. The first kappa shape index (κ1) is 23.7. The maximum atomic E-state index is 14.8. The number of aliphatic hydroxyl groups is 1. The number of carbonyl (C=O) groups is 1. The number of halogens is 2. The van der Waals surface area contributed by atoms with Crippen molar-refractivity contribution in [3.63, 3.8) is 0 Å². The monoisotopic (exact) mass is 457 g/mol. The molecule has 1 aliphatic rings. The van der Waals surface area contributed by atoms with Gasteiger partial charge in [0, 0.05) is 12.3 Å². The van der Waals surface area contributed by atoms with E-state index < -0.39 is 61.6 Å². The van der Waals surface area contributed by atoms with E-state index in [-0.39, 0.29) is 6.10 Å². The Hall–Kier alpha value is -1.56. The zero-order valence-electron chi connectivity index (χ0n) is 15.8. The number of hydrogen-bond donors (Lipinski definition) is 3. The Morgan fingerprint density at radius 3 is 2.76 bits per heavy atom. The second-order valence-corrected chi connectivity index (χ2v) is 8.35. The summed E-state index contributed by atoms with van der Waals surface area (Å²) in [6.07, 6.45) is -4.48. The van der Waals surface area contributed by atoms with Crippen LogP contribution in [0.1, 0.15) is 27.0 Å². The molecule has 1 aliphatic heterocycles. The van der Waals surface area contributed by atoms with Crippen LogP contribution in [0.15, 0.2) is 21.9 Å². The van der Waals surface area contributed by atoms with E-state index in [1.807, 2.05) is 4.98 Å². The molecular weight excluding hydrogens is 436 g/mol. The number of esters is 1. The Bertz CT molecular complexity index is 876. The normalized spacial score (nSPS) is 29.0. The third kappa shape index (κ3) is 5.74. The standard InChI is InChI=1S/C15H22ClFN3O8P/c1-7(2)27-12(23)8(3)19-29(25)26-6-9-11(22)15(16,17)13(28-9)20-5-4-10(21)18-14(20)24/h4-5,7-9,11,13,22,29H,6H2,1-3H3,(H,19,25)(H,18,21,24)/t8-,9+,11+,13+,15-/m0/s1. The fraction of sp³-hybridized carbons (Fsp3) is 0.667. The lowest BCUT2D eigenvalue weighted by Gasteiger charge is -2.22. The van der Waals surface area contributed by atoms with Crippen LogP contribution in [0.4, 0.5) is 4.39 Å². The summed E-state index contributed by atoms with van der Waals surface area (Å²) in [5.74, 6) is -0.639. The molecular formula is C15H22ClFN3O8P. The number of ether oxygens (including phenoxy) is 2. The van der Waals surface area contributed by atoms with E-state index in [4.69, 9.17) is 25.6 Å². The van der Waals surface area contributed by atoms with E-state index in [9.17, 15) is 28.4 Å². The number of alkyl halides is 2. The molecule has 1 aromatic heterocycles. The molecule has 11 nitrogen and oxygen atoms in total. The highest BCUT2D eigenvalue weighted by atomic mass is 35.5. The minimum atomic E-state index is -2.98. The first-order chi connectivity index (χ1) is 13.4. The predicted molar refractivity (Wildman–Crippen MR) is 99.7 cm³/mol. The second kappa shape index (κ2) is 9.50. The molecule has 14 heteroatoms. The van der Waals surface area contributed by atoms with Crippen LogP contribution in [0.3, 0.4) is 0 Å². The SMILES string of the molecule is CC(C)OC(=O)[C@H](C)N[PH](=O)OC[C@H]1O[C@@H](n2ccc(=O)[nH]c2=O)[C@](F)(Cl)[C@@H]1O. The molecule has 29 heavy (non-hydrogen) atoms. The number of aliphatic hydroxyl groups excluding tert-OH is 1. The number of carbonyl (C=O) groups excluding carboxylic acids is 1. The van der Waals surface area contributed by atoms with Crippen LogP contribution in [-0.4, -0.2) is 56.7 Å². The molecule has 0 saturated carbocycles. The molecule has 6 atom stereocenters. The first-order valence-electron chi connectivity index (χ1n) is 8.60. The molecule has 0 amide bonds. The van der Waals surface area contributed by atoms with Crippen LogP contribution < -0.4 is 16.3 Å². The smallest absolute Gasteiger partial charge is 0.330 e. The predicted octanol–water partition coefficient (Wildman–Crippen LogP) is 0.0355. The van der Waals surface area contributed by atoms with Gasteiger partial charge in [0.25, 0.3) is 18.9 Å². The van der Waals surface area contributed by atoms with E-state index >= 15 is 0 Å². The Balaban J connectivity index is 2.00. The molecule has 2 heterocycles. The molecule has 0 radical (unpaired) electrons. The number of aromatic nitrogens is 2. The van der Waals surface area contributed by atoms with Gasteiger partial charge >= 0.3 is 11.7 Å². The highest BCUT2D eigenvalue weighted by Gasteiger charge is 2.57. The van der Waals surface area contributed by atoms with Crippen molar-refractivity contribution < 1.29 is 32.9 Å². The van der Waals surface area contributed by atoms with Crippen molar-refractivity contribution in [3.8, 4) is 0 Å². The van der Waals surface area contributed by atoms with Gasteiger partial charge < -0.3 is 19.1 Å². The number of rotatable bonds is 8. The topological polar surface area (TPSA) is 149 Å². The van der Waals surface area contributed by atoms with Crippen LogP contribution in [0.2, 0.25) is 0 Å². The summed E-state index contributed by atoms with van der Waals surface area (Å²) in [5.41, 5.74) is -1.70. The molecule has 3 N–H and O–H groups in total. The zero-order valence-corrected chi connectivity index (χ0v) is 17.5. The van der Waals surface area contributed by atoms with Gasteiger partial charge in [0.1, 0.15) is 18.2 Å². The highest BCUT2D eigenvalue weighted by molar-refractivity contribution is 7.36. The maximum absolute atomic E-state index is 14.8. The second-order valence-electron chi connectivity index (χ2n) is 6.61. The number of nitrogens with one attached hydrogen (secondary N) is 2. The summed E-state index contributed by atoms with van der Waals surface area (Å²) in [6, 6.07) is 0.0211. The van der Waals surface area contributed by atoms with E-state index in [0.29, 0.717) is 4.57 Å². The Kier molecular flexibility index (Phi) is 7.77. The van der Waals surface area contributed by atoms with Gasteiger partial charge in [0.15, 0.2) is 6.23 Å². The molecule has 1 fully saturated rings. The molecule has 0 aliphatic carbocycles. The highest BCUT2D eigenvalue weighted by Crippen LogP contribution is 2.44. The average molecular weight is 458 g/mol. The van der Waals surface area contributed by atoms with Crippen molar-refractivity contribution in [2.24, 2.45) is 0 Å². The third-order valence-corrected chi connectivity index (χ3v) is 5.41. The van der Waals surface area contributed by atoms with Crippen LogP contribution in [0.25, 0.3) is 0 Å². The molecule has 0 bridgehead atoms. The number of hydrogen-bond acceptors (Lipinski definition) is 8. The van der Waals surface area contributed by atoms with E-state index in [0.717, 1.165) is 12.3 Å². The summed E-state index contributed by atoms with van der Waals surface area (Å²) in [7, 11) is -2.98. The minimum absolute atomic E-state index is 0.355. The molecule has 1 unspecified atom stereocenters. The summed E-state index contributed by atoms with van der Waals surface area (Å²) in [6.45, 7) is 4.18. The Morgan fingerprint density at radius 1 is 1.52 bits per heavy atom. The van der Waals surface area contributed by atoms with Crippen molar-refractivity contribution in [1.82, 2.24) is 14.6 Å². The van der Waals surface area contributed by atoms with Gasteiger partial charge in [-0.2, -0.15) is 0 Å². The van der Waals surface area contributed by atoms with E-state index in [1.165, 1.54) is 6.92 Å². The van der Waals surface area contributed by atoms with Gasteiger partial charge in [-0.05, 0) is 20.8 Å². The summed E-state index contributed by atoms with van der Waals surface area (Å²) in [4.78, 5) is 36.6. The van der Waals surface area contributed by atoms with Crippen LogP contribution in [0, 0.1) is 0 Å². The minimum Gasteiger partial charge on any atom is -0.462 e. The maximum Gasteiger partial charge on any atom is 0.330 e. The van der Waals surface area contributed by atoms with Gasteiger partial charge in [0.05, 0.1) is 12.7 Å². The number of nitrogens with zero attached hydrogens (tertiary/aromatic N) is 1. The van der Waals surface area contributed by atoms with Crippen molar-refractivity contribution in [2.45, 2.75) is 56.5 Å². The van der Waals surface area contributed by atoms with Crippen LogP contribution >= 0.6 is 19.8 Å². The fourth-order valence-electron chi connectivity index (χ4n) is 2.49. The summed E-state index contributed by atoms with van der Waals surface area (Å²) < 4.78 is 42.7. The van der Waals surface area contributed by atoms with Gasteiger partial charge in [-0.1, -0.05) is 11.6 Å². The molecule has 0 aromatic carbocycles. The average Bonchev–Trinajstić information content (AvgIpc) is 2.82. The van der Waals surface area contributed by atoms with E-state index in [2.05, 4.69) is 5.09 Å². The Morgan fingerprint density at radius 2 is 2.17 bits per heavy atom. The van der Waals surface area contributed by atoms with Crippen LogP contribution in [0.5, 0.6) is 0 Å². The molecule has 164 valence electrons. The lowest BCUT2D eigenvalue weighted by molar-refractivity contribution is -0.149. The lowest BCUT2D eigenvalue weighted by atomic mass is 10.1. The first-order valence-corrected chi connectivity index (χ1v) is 10.3. The van der Waals surface area contributed by atoms with Crippen molar-refractivity contribution in [3.05, 3.63) is 33.1 Å². The van der Waals surface area contributed by atoms with Crippen molar-refractivity contribution >= 4 is 25.7 Å². The molecule has 0 spiro atoms. The van der Waals surface area contributed by atoms with E-state index in [1.54, 1.807) is 13.8 Å². The Labute approximate surface area is 170 Å². The fourth-order valence-corrected chi connectivity index (χ4v) is 3.66. The number of aromatic amines is 1. The van der Waals surface area contributed by atoms with Gasteiger partial charge in [-0.15, -0.1) is 0 Å². The quantitative estimate of drug-likeness (QED) is 0.279. The molecule has 1 saturated heterocycles. The zero-order chi connectivity index (χ0) is 21.9. The van der Waals surface area contributed by atoms with Gasteiger partial charge in [-0.3, -0.25) is 23.7 Å². The molecule has 2 rings (SSSR count). The lowest BCUT2D eigenvalue weighted by Crippen LogP contribution is -2.42. The summed E-state index contributed by atoms with van der Waals surface area (Å²) >= 11 is 5.72. The summed E-state index contributed by atoms with van der Waals surface area (Å²) in [5, 5.41) is 9.56. The van der Waals surface area contributed by atoms with Crippen LogP contribution in [-0.2, 0) is 23.4 Å². The van der Waals surface area contributed by atoms with Gasteiger partial charge in [0.2, 0.25) is 0 Å². The number of H-pyrrole nitrogens is 1. The van der Waals surface area contributed by atoms with Gasteiger partial charge in [-0.25, -0.2) is 14.3 Å². The largest absolute Gasteiger partial charge is 0.462 e. The van der Waals surface area contributed by atoms with Crippen molar-refractivity contribution in [1.29, 1.82) is 0 Å².